The maximum atomic E-state index is 12.3. The van der Waals surface area contributed by atoms with Crippen LogP contribution >= 0.6 is 0 Å². The molecule has 20 heavy (non-hydrogen) atoms. The van der Waals surface area contributed by atoms with Gasteiger partial charge in [-0.15, -0.1) is 0 Å². The lowest BCUT2D eigenvalue weighted by Gasteiger charge is -2.29. The van der Waals surface area contributed by atoms with Crippen molar-refractivity contribution in [3.63, 3.8) is 0 Å². The lowest BCUT2D eigenvalue weighted by molar-refractivity contribution is 0.0841. The summed E-state index contributed by atoms with van der Waals surface area (Å²) >= 11 is 0. The van der Waals surface area contributed by atoms with Crippen LogP contribution in [0.4, 0.5) is 5.69 Å². The third-order valence-electron chi connectivity index (χ3n) is 3.30. The number of benzene rings is 1. The van der Waals surface area contributed by atoms with Gasteiger partial charge in [0.15, 0.2) is 0 Å². The number of carbonyl (C=O) groups is 1. The van der Waals surface area contributed by atoms with E-state index in [0.29, 0.717) is 5.69 Å². The van der Waals surface area contributed by atoms with Gasteiger partial charge in [-0.05, 0) is 12.5 Å². The number of hydrogen-bond acceptors (Lipinski definition) is 4. The Labute approximate surface area is 117 Å². The fourth-order valence-electron chi connectivity index (χ4n) is 2.05. The largest absolute Gasteiger partial charge is 0.396 e. The molecule has 0 fully saturated rings. The Morgan fingerprint density at radius 1 is 1.45 bits per heavy atom. The van der Waals surface area contributed by atoms with Gasteiger partial charge in [-0.2, -0.15) is 5.10 Å². The smallest absolute Gasteiger partial charge is 0.272 e. The summed E-state index contributed by atoms with van der Waals surface area (Å²) in [6.07, 6.45) is 1.42. The van der Waals surface area contributed by atoms with Crippen LogP contribution in [0.15, 0.2) is 36.5 Å². The highest BCUT2D eigenvalue weighted by atomic mass is 16.3. The number of rotatable bonds is 4. The maximum Gasteiger partial charge on any atom is 0.272 e. The van der Waals surface area contributed by atoms with Gasteiger partial charge < -0.3 is 16.2 Å². The minimum atomic E-state index is -0.880. The predicted octanol–water partition coefficient (Wildman–Crippen LogP) is 0.640. The van der Waals surface area contributed by atoms with E-state index in [4.69, 9.17) is 5.73 Å². The molecular weight excluding hydrogens is 256 g/mol. The van der Waals surface area contributed by atoms with Crippen molar-refractivity contribution in [2.45, 2.75) is 12.5 Å². The van der Waals surface area contributed by atoms with Crippen LogP contribution in [-0.2, 0) is 12.6 Å². The second kappa shape index (κ2) is 5.34. The molecule has 2 aromatic rings. The Morgan fingerprint density at radius 3 is 2.60 bits per heavy atom. The summed E-state index contributed by atoms with van der Waals surface area (Å²) in [5.41, 5.74) is 6.25. The molecule has 0 aliphatic carbocycles. The second-order valence-electron chi connectivity index (χ2n) is 4.88. The quantitative estimate of drug-likeness (QED) is 0.762. The number of aliphatic hydroxyl groups excluding tert-OH is 1. The van der Waals surface area contributed by atoms with Crippen LogP contribution < -0.4 is 11.1 Å². The van der Waals surface area contributed by atoms with E-state index in [2.05, 4.69) is 10.4 Å². The molecule has 6 heteroatoms. The van der Waals surface area contributed by atoms with Crippen molar-refractivity contribution in [3.8, 4) is 0 Å². The summed E-state index contributed by atoms with van der Waals surface area (Å²) in [6.45, 7) is 1.54. The number of aliphatic hydroxyl groups is 1. The molecule has 1 aromatic heterocycles. The van der Waals surface area contributed by atoms with Gasteiger partial charge in [-0.1, -0.05) is 30.3 Å². The van der Waals surface area contributed by atoms with E-state index < -0.39 is 5.54 Å². The third kappa shape index (κ3) is 2.50. The van der Waals surface area contributed by atoms with Crippen LogP contribution in [-0.4, -0.2) is 27.4 Å². The topological polar surface area (TPSA) is 93.2 Å². The minimum Gasteiger partial charge on any atom is -0.396 e. The summed E-state index contributed by atoms with van der Waals surface area (Å²) in [7, 11) is 1.64. The molecule has 106 valence electrons. The van der Waals surface area contributed by atoms with Gasteiger partial charge in [0, 0.05) is 7.05 Å². The summed E-state index contributed by atoms with van der Waals surface area (Å²) in [6, 6.07) is 9.29. The molecule has 0 aliphatic heterocycles. The molecule has 1 heterocycles. The number of nitrogens with one attached hydrogen (secondary N) is 1. The average Bonchev–Trinajstić information content (AvgIpc) is 2.79. The predicted molar refractivity (Wildman–Crippen MR) is 76.0 cm³/mol. The highest BCUT2D eigenvalue weighted by Crippen LogP contribution is 2.21. The van der Waals surface area contributed by atoms with Gasteiger partial charge in [0.05, 0.1) is 24.0 Å². The third-order valence-corrected chi connectivity index (χ3v) is 3.30. The van der Waals surface area contributed by atoms with Crippen molar-refractivity contribution >= 4 is 11.6 Å². The minimum absolute atomic E-state index is 0.222. The molecule has 1 aromatic carbocycles. The molecule has 0 saturated heterocycles. The molecule has 0 saturated carbocycles. The van der Waals surface area contributed by atoms with Crippen molar-refractivity contribution in [2.24, 2.45) is 7.05 Å². The SMILES string of the molecule is Cn1ncc(N)c1C(=O)NC(C)(CO)c1ccccc1. The molecule has 1 atom stereocenters. The van der Waals surface area contributed by atoms with Gasteiger partial charge in [0.25, 0.3) is 5.91 Å². The summed E-state index contributed by atoms with van der Waals surface area (Å²) in [5, 5.41) is 16.4. The molecule has 0 aliphatic rings. The first kappa shape index (κ1) is 14.1. The van der Waals surface area contributed by atoms with E-state index in [0.717, 1.165) is 5.56 Å². The van der Waals surface area contributed by atoms with Gasteiger partial charge in [0.1, 0.15) is 5.69 Å². The number of nitrogens with zero attached hydrogens (tertiary/aromatic N) is 2. The van der Waals surface area contributed by atoms with Crippen molar-refractivity contribution < 1.29 is 9.90 Å². The molecule has 4 N–H and O–H groups in total. The van der Waals surface area contributed by atoms with Gasteiger partial charge in [-0.3, -0.25) is 9.48 Å². The monoisotopic (exact) mass is 274 g/mol. The average molecular weight is 274 g/mol. The Bertz CT molecular complexity index is 589. The number of amides is 1. The molecule has 0 radical (unpaired) electrons. The van der Waals surface area contributed by atoms with E-state index >= 15 is 0 Å². The number of aryl methyl sites for hydroxylation is 1. The molecule has 6 nitrogen and oxygen atoms in total. The molecular formula is C14H18N4O2. The number of anilines is 1. The van der Waals surface area contributed by atoms with Gasteiger partial charge in [0.2, 0.25) is 0 Å². The van der Waals surface area contributed by atoms with Crippen LogP contribution in [0.5, 0.6) is 0 Å². The maximum absolute atomic E-state index is 12.3. The van der Waals surface area contributed by atoms with Crippen LogP contribution in [0.3, 0.4) is 0 Å². The summed E-state index contributed by atoms with van der Waals surface area (Å²) in [4.78, 5) is 12.3. The van der Waals surface area contributed by atoms with Crippen molar-refractivity contribution in [3.05, 3.63) is 47.8 Å². The standard InChI is InChI=1S/C14H18N4O2/c1-14(9-19,10-6-4-3-5-7-10)17-13(20)12-11(15)8-16-18(12)2/h3-8,19H,9,15H2,1-2H3,(H,17,20). The summed E-state index contributed by atoms with van der Waals surface area (Å²) in [5.74, 6) is -0.372. The zero-order valence-electron chi connectivity index (χ0n) is 11.5. The molecule has 0 bridgehead atoms. The molecule has 1 unspecified atom stereocenters. The fourth-order valence-corrected chi connectivity index (χ4v) is 2.05. The van der Waals surface area contributed by atoms with Crippen LogP contribution in [0, 0.1) is 0 Å². The fraction of sp³-hybridized carbons (Fsp3) is 0.286. The molecule has 2 rings (SSSR count). The lowest BCUT2D eigenvalue weighted by Crippen LogP contribution is -2.47. The van der Waals surface area contributed by atoms with Crippen molar-refractivity contribution in [2.75, 3.05) is 12.3 Å². The first-order valence-corrected chi connectivity index (χ1v) is 6.24. The van der Waals surface area contributed by atoms with Crippen molar-refractivity contribution in [1.29, 1.82) is 0 Å². The van der Waals surface area contributed by atoms with Crippen LogP contribution in [0.25, 0.3) is 0 Å². The van der Waals surface area contributed by atoms with E-state index in [1.807, 2.05) is 30.3 Å². The number of nitrogens with two attached hydrogens (primary N) is 1. The lowest BCUT2D eigenvalue weighted by atomic mass is 9.92. The highest BCUT2D eigenvalue weighted by Gasteiger charge is 2.29. The van der Waals surface area contributed by atoms with Crippen LogP contribution in [0.2, 0.25) is 0 Å². The Balaban J connectivity index is 2.29. The van der Waals surface area contributed by atoms with Crippen molar-refractivity contribution in [1.82, 2.24) is 15.1 Å². The first-order chi connectivity index (χ1) is 9.48. The van der Waals surface area contributed by atoms with Gasteiger partial charge in [-0.25, -0.2) is 0 Å². The Hall–Kier alpha value is -2.34. The number of hydrogen-bond donors (Lipinski definition) is 3. The zero-order valence-corrected chi connectivity index (χ0v) is 11.5. The highest BCUT2D eigenvalue weighted by molar-refractivity contribution is 5.97. The van der Waals surface area contributed by atoms with Crippen LogP contribution in [0.1, 0.15) is 23.0 Å². The number of nitrogen functional groups attached to an aromatic ring is 1. The van der Waals surface area contributed by atoms with Gasteiger partial charge >= 0.3 is 0 Å². The van der Waals surface area contributed by atoms with E-state index in [1.165, 1.54) is 10.9 Å². The Morgan fingerprint density at radius 2 is 2.10 bits per heavy atom. The second-order valence-corrected chi connectivity index (χ2v) is 4.88. The zero-order chi connectivity index (χ0) is 14.8. The number of aromatic nitrogens is 2. The molecule has 1 amide bonds. The first-order valence-electron chi connectivity index (χ1n) is 6.24. The number of carbonyl (C=O) groups excluding carboxylic acids is 1. The normalized spacial score (nSPS) is 13.8. The van der Waals surface area contributed by atoms with E-state index in [9.17, 15) is 9.90 Å². The van der Waals surface area contributed by atoms with E-state index in [1.54, 1.807) is 14.0 Å². The molecule has 0 spiro atoms. The summed E-state index contributed by atoms with van der Waals surface area (Å²) < 4.78 is 1.41. The Kier molecular flexibility index (Phi) is 3.76. The van der Waals surface area contributed by atoms with E-state index in [-0.39, 0.29) is 18.2 Å².